The summed E-state index contributed by atoms with van der Waals surface area (Å²) >= 11 is 0. The summed E-state index contributed by atoms with van der Waals surface area (Å²) in [6, 6.07) is 7.78. The van der Waals surface area contributed by atoms with Crippen molar-refractivity contribution in [3.8, 4) is 5.75 Å². The second-order valence-corrected chi connectivity index (χ2v) is 5.09. The topological polar surface area (TPSA) is 47.6 Å². The molecule has 0 radical (unpaired) electrons. The maximum atomic E-state index is 11.3. The van der Waals surface area contributed by atoms with E-state index >= 15 is 0 Å². The third-order valence-corrected chi connectivity index (χ3v) is 2.06. The summed E-state index contributed by atoms with van der Waals surface area (Å²) in [7, 11) is 0. The molecule has 0 aliphatic rings. The Bertz CT molecular complexity index is 379. The lowest BCUT2D eigenvalue weighted by atomic mass is 10.2. The lowest BCUT2D eigenvalue weighted by Crippen LogP contribution is -2.34. The highest BCUT2D eigenvalue weighted by molar-refractivity contribution is 5.67. The van der Waals surface area contributed by atoms with Crippen molar-refractivity contribution in [1.82, 2.24) is 5.32 Å². The minimum atomic E-state index is -0.470. The van der Waals surface area contributed by atoms with Crippen LogP contribution in [0.4, 0.5) is 4.79 Å². The van der Waals surface area contributed by atoms with Crippen molar-refractivity contribution in [1.29, 1.82) is 0 Å². The van der Waals surface area contributed by atoms with E-state index in [1.165, 1.54) is 5.56 Å². The monoisotopic (exact) mass is 251 g/mol. The third-order valence-electron chi connectivity index (χ3n) is 2.06. The van der Waals surface area contributed by atoms with Gasteiger partial charge in [-0.05, 0) is 39.8 Å². The first-order valence-electron chi connectivity index (χ1n) is 6.03. The normalized spacial score (nSPS) is 10.9. The first-order valence-corrected chi connectivity index (χ1v) is 6.03. The van der Waals surface area contributed by atoms with Gasteiger partial charge in [0.05, 0.1) is 6.54 Å². The molecule has 0 spiro atoms. The van der Waals surface area contributed by atoms with Gasteiger partial charge in [0.25, 0.3) is 0 Å². The minimum Gasteiger partial charge on any atom is -0.492 e. The summed E-state index contributed by atoms with van der Waals surface area (Å²) in [5.41, 5.74) is 0.719. The van der Waals surface area contributed by atoms with Crippen molar-refractivity contribution in [2.45, 2.75) is 33.3 Å². The van der Waals surface area contributed by atoms with Crippen LogP contribution in [-0.4, -0.2) is 24.8 Å². The molecule has 4 heteroatoms. The highest BCUT2D eigenvalue weighted by Crippen LogP contribution is 2.10. The van der Waals surface area contributed by atoms with Crippen molar-refractivity contribution in [3.05, 3.63) is 29.8 Å². The van der Waals surface area contributed by atoms with Crippen molar-refractivity contribution in [2.75, 3.05) is 13.2 Å². The van der Waals surface area contributed by atoms with Crippen LogP contribution in [0.5, 0.6) is 5.75 Å². The predicted molar refractivity (Wildman–Crippen MR) is 70.9 cm³/mol. The maximum absolute atomic E-state index is 11.3. The van der Waals surface area contributed by atoms with Gasteiger partial charge in [-0.15, -0.1) is 0 Å². The number of hydrogen-bond donors (Lipinski definition) is 1. The standard InChI is InChI=1S/C14H21NO3/c1-11-5-7-12(8-6-11)17-10-9-15-13(16)18-14(2,3)4/h5-8H,9-10H2,1-4H3,(H,15,16). The zero-order chi connectivity index (χ0) is 13.6. The van der Waals surface area contributed by atoms with Crippen LogP contribution in [0.1, 0.15) is 26.3 Å². The fourth-order valence-corrected chi connectivity index (χ4v) is 1.27. The Morgan fingerprint density at radius 1 is 1.22 bits per heavy atom. The fraction of sp³-hybridized carbons (Fsp3) is 0.500. The Balaban J connectivity index is 2.19. The van der Waals surface area contributed by atoms with Gasteiger partial charge in [-0.25, -0.2) is 4.79 Å². The highest BCUT2D eigenvalue weighted by Gasteiger charge is 2.15. The van der Waals surface area contributed by atoms with Gasteiger partial charge in [0.2, 0.25) is 0 Å². The second kappa shape index (κ2) is 6.28. The molecule has 0 fully saturated rings. The van der Waals surface area contributed by atoms with Crippen LogP contribution in [0.15, 0.2) is 24.3 Å². The molecule has 0 bridgehead atoms. The van der Waals surface area contributed by atoms with Crippen molar-refractivity contribution < 1.29 is 14.3 Å². The lowest BCUT2D eigenvalue weighted by molar-refractivity contribution is 0.0520. The van der Waals surface area contributed by atoms with Crippen molar-refractivity contribution in [3.63, 3.8) is 0 Å². The summed E-state index contributed by atoms with van der Waals surface area (Å²) in [6.07, 6.45) is -0.421. The molecule has 0 unspecified atom stereocenters. The van der Waals surface area contributed by atoms with Crippen LogP contribution in [0.25, 0.3) is 0 Å². The first-order chi connectivity index (χ1) is 8.37. The molecule has 0 saturated carbocycles. The molecule has 4 nitrogen and oxygen atoms in total. The van der Waals surface area contributed by atoms with Crippen LogP contribution >= 0.6 is 0 Å². The van der Waals surface area contributed by atoms with E-state index in [1.807, 2.05) is 52.0 Å². The van der Waals surface area contributed by atoms with Crippen LogP contribution in [0, 0.1) is 6.92 Å². The Morgan fingerprint density at radius 3 is 2.39 bits per heavy atom. The number of aryl methyl sites for hydroxylation is 1. The summed E-state index contributed by atoms with van der Waals surface area (Å²) < 4.78 is 10.6. The molecule has 0 aromatic heterocycles. The summed E-state index contributed by atoms with van der Waals surface area (Å²) in [4.78, 5) is 11.3. The number of amides is 1. The largest absolute Gasteiger partial charge is 0.492 e. The van der Waals surface area contributed by atoms with Gasteiger partial charge >= 0.3 is 6.09 Å². The van der Waals surface area contributed by atoms with E-state index in [4.69, 9.17) is 9.47 Å². The van der Waals surface area contributed by atoms with E-state index in [0.717, 1.165) is 5.75 Å². The Kier molecular flexibility index (Phi) is 5.01. The van der Waals surface area contributed by atoms with Crippen molar-refractivity contribution >= 4 is 6.09 Å². The molecular weight excluding hydrogens is 230 g/mol. The van der Waals surface area contributed by atoms with Crippen LogP contribution in [-0.2, 0) is 4.74 Å². The molecule has 0 atom stereocenters. The summed E-state index contributed by atoms with van der Waals surface area (Å²) in [5.74, 6) is 0.798. The third kappa shape index (κ3) is 6.13. The quantitative estimate of drug-likeness (QED) is 0.837. The van der Waals surface area contributed by atoms with Gasteiger partial charge in [0.15, 0.2) is 0 Å². The first kappa shape index (κ1) is 14.4. The van der Waals surface area contributed by atoms with Crippen LogP contribution < -0.4 is 10.1 Å². The number of benzene rings is 1. The number of ether oxygens (including phenoxy) is 2. The molecule has 18 heavy (non-hydrogen) atoms. The zero-order valence-corrected chi connectivity index (χ0v) is 11.4. The molecular formula is C14H21NO3. The molecule has 1 rings (SSSR count). The van der Waals surface area contributed by atoms with E-state index in [1.54, 1.807) is 0 Å². The predicted octanol–water partition coefficient (Wildman–Crippen LogP) is 2.90. The fourth-order valence-electron chi connectivity index (χ4n) is 1.27. The maximum Gasteiger partial charge on any atom is 0.407 e. The summed E-state index contributed by atoms with van der Waals surface area (Å²) in [6.45, 7) is 8.35. The van der Waals surface area contributed by atoms with Crippen LogP contribution in [0.3, 0.4) is 0 Å². The lowest BCUT2D eigenvalue weighted by Gasteiger charge is -2.19. The average molecular weight is 251 g/mol. The number of nitrogens with one attached hydrogen (secondary N) is 1. The zero-order valence-electron chi connectivity index (χ0n) is 11.4. The minimum absolute atomic E-state index is 0.419. The van der Waals surface area contributed by atoms with E-state index in [9.17, 15) is 4.79 Å². The van der Waals surface area contributed by atoms with E-state index < -0.39 is 11.7 Å². The van der Waals surface area contributed by atoms with Gasteiger partial charge < -0.3 is 14.8 Å². The Hall–Kier alpha value is -1.71. The molecule has 1 N–H and O–H groups in total. The van der Waals surface area contributed by atoms with Crippen LogP contribution in [0.2, 0.25) is 0 Å². The molecule has 1 aromatic rings. The van der Waals surface area contributed by atoms with Gasteiger partial charge in [-0.2, -0.15) is 0 Å². The molecule has 0 aliphatic heterocycles. The molecule has 0 aliphatic carbocycles. The number of rotatable bonds is 4. The Labute approximate surface area is 108 Å². The van der Waals surface area contributed by atoms with E-state index in [0.29, 0.717) is 13.2 Å². The molecule has 0 saturated heterocycles. The number of carbonyl (C=O) groups is 1. The van der Waals surface area contributed by atoms with E-state index in [-0.39, 0.29) is 0 Å². The number of hydrogen-bond acceptors (Lipinski definition) is 3. The molecule has 100 valence electrons. The number of carbonyl (C=O) groups excluding carboxylic acids is 1. The highest BCUT2D eigenvalue weighted by atomic mass is 16.6. The summed E-state index contributed by atoms with van der Waals surface area (Å²) in [5, 5.41) is 2.63. The SMILES string of the molecule is Cc1ccc(OCCNC(=O)OC(C)(C)C)cc1. The molecule has 1 aromatic carbocycles. The van der Waals surface area contributed by atoms with Gasteiger partial charge in [-0.1, -0.05) is 17.7 Å². The average Bonchev–Trinajstić information content (AvgIpc) is 2.24. The van der Waals surface area contributed by atoms with E-state index in [2.05, 4.69) is 5.32 Å². The molecule has 0 heterocycles. The van der Waals surface area contributed by atoms with Crippen molar-refractivity contribution in [2.24, 2.45) is 0 Å². The molecule has 1 amide bonds. The second-order valence-electron chi connectivity index (χ2n) is 5.09. The smallest absolute Gasteiger partial charge is 0.407 e. The van der Waals surface area contributed by atoms with Gasteiger partial charge in [0, 0.05) is 0 Å². The van der Waals surface area contributed by atoms with Gasteiger partial charge in [0.1, 0.15) is 18.0 Å². The Morgan fingerprint density at radius 2 is 1.83 bits per heavy atom. The van der Waals surface area contributed by atoms with Gasteiger partial charge in [-0.3, -0.25) is 0 Å². The number of alkyl carbamates (subject to hydrolysis) is 1.